The Morgan fingerprint density at radius 2 is 2.06 bits per heavy atom. The van der Waals surface area contributed by atoms with Gasteiger partial charge in [0.25, 0.3) is 0 Å². The number of hydrogen-bond donors (Lipinski definition) is 1. The standard InChI is InChI=1S/C14H18N2/c1-3-15-10-9-13-6-4-5-12-8-7-11(2)16-14(12)13/h4-8,15H,3,9-10H2,1-2H3. The molecule has 0 aliphatic rings. The zero-order valence-electron chi connectivity index (χ0n) is 9.96. The highest BCUT2D eigenvalue weighted by Crippen LogP contribution is 2.17. The predicted molar refractivity (Wildman–Crippen MR) is 68.7 cm³/mol. The smallest absolute Gasteiger partial charge is 0.0737 e. The molecule has 0 unspecified atom stereocenters. The van der Waals surface area contributed by atoms with Crippen molar-refractivity contribution >= 4 is 10.9 Å². The number of pyridine rings is 1. The Labute approximate surface area is 96.7 Å². The van der Waals surface area contributed by atoms with Crippen molar-refractivity contribution in [3.05, 3.63) is 41.6 Å². The number of para-hydroxylation sites is 1. The van der Waals surface area contributed by atoms with Gasteiger partial charge in [-0.1, -0.05) is 31.2 Å². The van der Waals surface area contributed by atoms with Gasteiger partial charge in [0, 0.05) is 11.1 Å². The lowest BCUT2D eigenvalue weighted by Gasteiger charge is -2.06. The third kappa shape index (κ3) is 2.39. The number of fused-ring (bicyclic) bond motifs is 1. The van der Waals surface area contributed by atoms with Gasteiger partial charge in [-0.25, -0.2) is 0 Å². The molecule has 0 radical (unpaired) electrons. The van der Waals surface area contributed by atoms with E-state index >= 15 is 0 Å². The second-order valence-electron chi connectivity index (χ2n) is 4.05. The SMILES string of the molecule is CCNCCc1cccc2ccc(C)nc12. The molecule has 2 heteroatoms. The second-order valence-corrected chi connectivity index (χ2v) is 4.05. The van der Waals surface area contributed by atoms with Gasteiger partial charge < -0.3 is 5.32 Å². The summed E-state index contributed by atoms with van der Waals surface area (Å²) in [6.07, 6.45) is 1.04. The monoisotopic (exact) mass is 214 g/mol. The maximum Gasteiger partial charge on any atom is 0.0737 e. The van der Waals surface area contributed by atoms with Crippen LogP contribution < -0.4 is 5.32 Å². The summed E-state index contributed by atoms with van der Waals surface area (Å²) in [4.78, 5) is 4.63. The maximum absolute atomic E-state index is 4.63. The molecule has 0 aliphatic carbocycles. The number of rotatable bonds is 4. The molecule has 1 aromatic heterocycles. The summed E-state index contributed by atoms with van der Waals surface area (Å²) in [5.74, 6) is 0. The summed E-state index contributed by atoms with van der Waals surface area (Å²) in [6.45, 7) is 6.22. The molecular weight excluding hydrogens is 196 g/mol. The molecule has 0 saturated heterocycles. The van der Waals surface area contributed by atoms with Crippen LogP contribution in [0.25, 0.3) is 10.9 Å². The van der Waals surface area contributed by atoms with E-state index in [4.69, 9.17) is 0 Å². The molecule has 0 spiro atoms. The van der Waals surface area contributed by atoms with Gasteiger partial charge in [0.05, 0.1) is 5.52 Å². The van der Waals surface area contributed by atoms with Crippen molar-refractivity contribution in [3.8, 4) is 0 Å². The van der Waals surface area contributed by atoms with Gasteiger partial charge in [-0.15, -0.1) is 0 Å². The topological polar surface area (TPSA) is 24.9 Å². The molecule has 2 rings (SSSR count). The highest BCUT2D eigenvalue weighted by molar-refractivity contribution is 5.81. The molecule has 0 atom stereocenters. The number of nitrogens with zero attached hydrogens (tertiary/aromatic N) is 1. The minimum Gasteiger partial charge on any atom is -0.317 e. The van der Waals surface area contributed by atoms with E-state index in [2.05, 4.69) is 47.6 Å². The van der Waals surface area contributed by atoms with Crippen LogP contribution in [0.2, 0.25) is 0 Å². The van der Waals surface area contributed by atoms with E-state index in [1.165, 1.54) is 10.9 Å². The van der Waals surface area contributed by atoms with E-state index in [1.807, 2.05) is 6.92 Å². The quantitative estimate of drug-likeness (QED) is 0.791. The van der Waals surface area contributed by atoms with E-state index in [0.29, 0.717) is 0 Å². The third-order valence-electron chi connectivity index (χ3n) is 2.76. The summed E-state index contributed by atoms with van der Waals surface area (Å²) in [5, 5.41) is 4.58. The fourth-order valence-corrected chi connectivity index (χ4v) is 1.91. The number of likely N-dealkylation sites (N-methyl/N-ethyl adjacent to an activating group) is 1. The van der Waals surface area contributed by atoms with Gasteiger partial charge in [-0.05, 0) is 38.1 Å². The lowest BCUT2D eigenvalue weighted by molar-refractivity contribution is 0.718. The minimum absolute atomic E-state index is 1.02. The first kappa shape index (κ1) is 11.1. The molecule has 2 aromatic rings. The highest BCUT2D eigenvalue weighted by Gasteiger charge is 2.01. The van der Waals surface area contributed by atoms with Crippen molar-refractivity contribution in [3.63, 3.8) is 0 Å². The van der Waals surface area contributed by atoms with E-state index in [0.717, 1.165) is 30.7 Å². The zero-order chi connectivity index (χ0) is 11.4. The Bertz CT molecular complexity index is 477. The van der Waals surface area contributed by atoms with E-state index in [1.54, 1.807) is 0 Å². The molecule has 84 valence electrons. The number of hydrogen-bond acceptors (Lipinski definition) is 2. The minimum atomic E-state index is 1.02. The lowest BCUT2D eigenvalue weighted by Crippen LogP contribution is -2.16. The fourth-order valence-electron chi connectivity index (χ4n) is 1.91. The summed E-state index contributed by atoms with van der Waals surface area (Å²) in [6, 6.07) is 10.6. The molecule has 16 heavy (non-hydrogen) atoms. The largest absolute Gasteiger partial charge is 0.317 e. The Hall–Kier alpha value is -1.41. The average Bonchev–Trinajstić information content (AvgIpc) is 2.30. The van der Waals surface area contributed by atoms with Gasteiger partial charge >= 0.3 is 0 Å². The Kier molecular flexibility index (Phi) is 3.52. The van der Waals surface area contributed by atoms with Crippen LogP contribution in [0.4, 0.5) is 0 Å². The summed E-state index contributed by atoms with van der Waals surface area (Å²) < 4.78 is 0. The van der Waals surface area contributed by atoms with E-state index in [-0.39, 0.29) is 0 Å². The van der Waals surface area contributed by atoms with Gasteiger partial charge in [0.15, 0.2) is 0 Å². The van der Waals surface area contributed by atoms with Crippen molar-refractivity contribution in [1.29, 1.82) is 0 Å². The van der Waals surface area contributed by atoms with Crippen LogP contribution in [0, 0.1) is 6.92 Å². The summed E-state index contributed by atoms with van der Waals surface area (Å²) in [7, 11) is 0. The molecular formula is C14H18N2. The molecule has 0 saturated carbocycles. The van der Waals surface area contributed by atoms with Crippen LogP contribution in [-0.4, -0.2) is 18.1 Å². The van der Waals surface area contributed by atoms with Crippen molar-refractivity contribution in [2.24, 2.45) is 0 Å². The van der Waals surface area contributed by atoms with Crippen molar-refractivity contribution in [2.75, 3.05) is 13.1 Å². The predicted octanol–water partition coefficient (Wildman–Crippen LogP) is 2.70. The molecule has 0 bridgehead atoms. The second kappa shape index (κ2) is 5.08. The van der Waals surface area contributed by atoms with Crippen LogP contribution in [0.3, 0.4) is 0 Å². The van der Waals surface area contributed by atoms with Crippen molar-refractivity contribution < 1.29 is 0 Å². The summed E-state index contributed by atoms with van der Waals surface area (Å²) in [5.41, 5.74) is 3.57. The average molecular weight is 214 g/mol. The molecule has 0 aliphatic heterocycles. The fraction of sp³-hybridized carbons (Fsp3) is 0.357. The number of aromatic nitrogens is 1. The van der Waals surface area contributed by atoms with E-state index < -0.39 is 0 Å². The van der Waals surface area contributed by atoms with Crippen LogP contribution in [-0.2, 0) is 6.42 Å². The molecule has 2 nitrogen and oxygen atoms in total. The van der Waals surface area contributed by atoms with E-state index in [9.17, 15) is 0 Å². The van der Waals surface area contributed by atoms with Crippen LogP contribution in [0.5, 0.6) is 0 Å². The molecule has 0 amide bonds. The first-order valence-corrected chi connectivity index (χ1v) is 5.87. The molecule has 0 fully saturated rings. The van der Waals surface area contributed by atoms with Crippen LogP contribution in [0.15, 0.2) is 30.3 Å². The molecule has 1 aromatic carbocycles. The Balaban J connectivity index is 2.32. The molecule has 1 N–H and O–H groups in total. The third-order valence-corrected chi connectivity index (χ3v) is 2.76. The normalized spacial score (nSPS) is 10.9. The van der Waals surface area contributed by atoms with Crippen molar-refractivity contribution in [2.45, 2.75) is 20.3 Å². The Morgan fingerprint density at radius 3 is 2.88 bits per heavy atom. The van der Waals surface area contributed by atoms with Gasteiger partial charge in [0.2, 0.25) is 0 Å². The zero-order valence-corrected chi connectivity index (χ0v) is 9.96. The number of nitrogens with one attached hydrogen (secondary N) is 1. The number of benzene rings is 1. The van der Waals surface area contributed by atoms with Crippen LogP contribution in [0.1, 0.15) is 18.2 Å². The van der Waals surface area contributed by atoms with Gasteiger partial charge in [0.1, 0.15) is 0 Å². The van der Waals surface area contributed by atoms with Gasteiger partial charge in [-0.3, -0.25) is 4.98 Å². The lowest BCUT2D eigenvalue weighted by atomic mass is 10.1. The molecule has 1 heterocycles. The number of aryl methyl sites for hydroxylation is 1. The van der Waals surface area contributed by atoms with Gasteiger partial charge in [-0.2, -0.15) is 0 Å². The Morgan fingerprint density at radius 1 is 1.19 bits per heavy atom. The van der Waals surface area contributed by atoms with Crippen LogP contribution >= 0.6 is 0 Å². The summed E-state index contributed by atoms with van der Waals surface area (Å²) >= 11 is 0. The van der Waals surface area contributed by atoms with Crippen molar-refractivity contribution in [1.82, 2.24) is 10.3 Å². The first-order valence-electron chi connectivity index (χ1n) is 5.87. The maximum atomic E-state index is 4.63. The first-order chi connectivity index (χ1) is 7.81. The highest BCUT2D eigenvalue weighted by atomic mass is 14.8.